The van der Waals surface area contributed by atoms with Crippen molar-refractivity contribution < 1.29 is 14.3 Å². The second-order valence-corrected chi connectivity index (χ2v) is 7.37. The maximum Gasteiger partial charge on any atom is 0.513 e. The second kappa shape index (κ2) is 7.34. The highest BCUT2D eigenvalue weighted by atomic mass is 35.5. The average molecular weight is 411 g/mol. The van der Waals surface area contributed by atoms with E-state index in [1.165, 1.54) is 7.11 Å². The fourth-order valence-electron chi connectivity index (χ4n) is 3.52. The first-order chi connectivity index (χ1) is 13.5. The maximum atomic E-state index is 12.0. The molecule has 5 heteroatoms. The first-order valence-corrected chi connectivity index (χ1v) is 9.41. The van der Waals surface area contributed by atoms with Gasteiger partial charge in [-0.15, -0.1) is 0 Å². The Labute approximate surface area is 172 Å². The number of rotatable bonds is 2. The number of carbonyl (C=O) groups is 1. The molecule has 0 amide bonds. The molecule has 0 heterocycles. The lowest BCUT2D eigenvalue weighted by Gasteiger charge is -2.17. The van der Waals surface area contributed by atoms with Crippen molar-refractivity contribution in [1.29, 1.82) is 0 Å². The molecule has 0 aliphatic carbocycles. The molecule has 4 aromatic carbocycles. The zero-order valence-electron chi connectivity index (χ0n) is 15.3. The molecule has 0 saturated carbocycles. The van der Waals surface area contributed by atoms with Gasteiger partial charge in [-0.05, 0) is 58.7 Å². The summed E-state index contributed by atoms with van der Waals surface area (Å²) in [5.74, 6) is 0.453. The van der Waals surface area contributed by atoms with Crippen molar-refractivity contribution >= 4 is 50.9 Å². The Morgan fingerprint density at radius 3 is 2.32 bits per heavy atom. The summed E-state index contributed by atoms with van der Waals surface area (Å²) in [5, 5.41) is 4.61. The fourth-order valence-corrected chi connectivity index (χ4v) is 4.05. The van der Waals surface area contributed by atoms with Crippen molar-refractivity contribution in [2.24, 2.45) is 0 Å². The van der Waals surface area contributed by atoms with E-state index < -0.39 is 6.16 Å². The van der Waals surface area contributed by atoms with Gasteiger partial charge in [0.1, 0.15) is 0 Å². The Hall–Kier alpha value is -2.75. The molecule has 0 aromatic heterocycles. The smallest absolute Gasteiger partial charge is 0.437 e. The Balaban J connectivity index is 2.17. The monoisotopic (exact) mass is 410 g/mol. The van der Waals surface area contributed by atoms with Gasteiger partial charge in [-0.3, -0.25) is 0 Å². The first-order valence-electron chi connectivity index (χ1n) is 8.65. The highest BCUT2D eigenvalue weighted by Crippen LogP contribution is 2.43. The van der Waals surface area contributed by atoms with Crippen LogP contribution in [0.2, 0.25) is 10.0 Å². The van der Waals surface area contributed by atoms with Crippen LogP contribution in [0.25, 0.3) is 32.7 Å². The van der Waals surface area contributed by atoms with Crippen LogP contribution in [-0.2, 0) is 4.74 Å². The van der Waals surface area contributed by atoms with Gasteiger partial charge in [-0.2, -0.15) is 0 Å². The van der Waals surface area contributed by atoms with E-state index in [-0.39, 0.29) is 0 Å². The lowest BCUT2D eigenvalue weighted by atomic mass is 9.91. The molecule has 0 fully saturated rings. The van der Waals surface area contributed by atoms with Crippen LogP contribution in [0.5, 0.6) is 5.75 Å². The summed E-state index contributed by atoms with van der Waals surface area (Å²) in [6.07, 6.45) is -0.769. The number of aryl methyl sites for hydroxylation is 1. The van der Waals surface area contributed by atoms with Crippen LogP contribution in [0.15, 0.2) is 60.7 Å². The zero-order valence-corrected chi connectivity index (χ0v) is 16.8. The number of hydrogen-bond donors (Lipinski definition) is 0. The number of methoxy groups -OCH3 is 1. The van der Waals surface area contributed by atoms with E-state index in [1.807, 2.05) is 55.5 Å². The van der Waals surface area contributed by atoms with E-state index in [2.05, 4.69) is 6.07 Å². The van der Waals surface area contributed by atoms with Crippen molar-refractivity contribution in [3.8, 4) is 16.9 Å². The number of fused-ring (bicyclic) bond motifs is 2. The zero-order chi connectivity index (χ0) is 19.8. The molecule has 0 aliphatic heterocycles. The molecule has 4 aromatic rings. The molecule has 0 radical (unpaired) electrons. The van der Waals surface area contributed by atoms with E-state index in [4.69, 9.17) is 32.7 Å². The van der Waals surface area contributed by atoms with Gasteiger partial charge in [-0.1, -0.05) is 59.6 Å². The summed E-state index contributed by atoms with van der Waals surface area (Å²) in [6, 6.07) is 19.3. The van der Waals surface area contributed by atoms with E-state index in [1.54, 1.807) is 6.07 Å². The molecular weight excluding hydrogens is 395 g/mol. The van der Waals surface area contributed by atoms with E-state index >= 15 is 0 Å². The molecule has 3 nitrogen and oxygen atoms in total. The first kappa shape index (κ1) is 18.6. The minimum Gasteiger partial charge on any atom is -0.437 e. The minimum absolute atomic E-state index is 0.453. The third-order valence-corrected chi connectivity index (χ3v) is 5.13. The summed E-state index contributed by atoms with van der Waals surface area (Å²) in [7, 11) is 1.29. The summed E-state index contributed by atoms with van der Waals surface area (Å²) in [5.41, 5.74) is 2.77. The molecule has 0 spiro atoms. The number of hydrogen-bond acceptors (Lipinski definition) is 3. The van der Waals surface area contributed by atoms with Gasteiger partial charge in [0, 0.05) is 20.8 Å². The molecule has 28 heavy (non-hydrogen) atoms. The van der Waals surface area contributed by atoms with Gasteiger partial charge < -0.3 is 9.47 Å². The summed E-state index contributed by atoms with van der Waals surface area (Å²) >= 11 is 12.5. The van der Waals surface area contributed by atoms with Crippen LogP contribution in [0, 0.1) is 6.92 Å². The largest absolute Gasteiger partial charge is 0.513 e. The van der Waals surface area contributed by atoms with Crippen LogP contribution < -0.4 is 4.74 Å². The SMILES string of the molecule is COC(=O)Oc1c2ccccc2cc2ccc(C)c(-c3cc(Cl)cc(Cl)c3)c12. The Bertz CT molecular complexity index is 1210. The number of ether oxygens (including phenoxy) is 2. The minimum atomic E-state index is -0.769. The van der Waals surface area contributed by atoms with Gasteiger partial charge in [-0.25, -0.2) is 4.79 Å². The van der Waals surface area contributed by atoms with Gasteiger partial charge in [0.2, 0.25) is 0 Å². The summed E-state index contributed by atoms with van der Waals surface area (Å²) in [4.78, 5) is 12.0. The maximum absolute atomic E-state index is 12.0. The molecule has 0 saturated heterocycles. The van der Waals surface area contributed by atoms with Crippen LogP contribution in [0.4, 0.5) is 4.79 Å². The number of benzene rings is 4. The molecule has 0 N–H and O–H groups in total. The molecule has 0 bridgehead atoms. The van der Waals surface area contributed by atoms with Crippen molar-refractivity contribution in [3.63, 3.8) is 0 Å². The molecule has 4 rings (SSSR count). The molecule has 140 valence electrons. The normalized spacial score (nSPS) is 11.0. The van der Waals surface area contributed by atoms with Gasteiger partial charge >= 0.3 is 6.16 Å². The van der Waals surface area contributed by atoms with Gasteiger partial charge in [0.05, 0.1) is 7.11 Å². The van der Waals surface area contributed by atoms with Gasteiger partial charge in [0.15, 0.2) is 5.75 Å². The van der Waals surface area contributed by atoms with Crippen LogP contribution in [-0.4, -0.2) is 13.3 Å². The van der Waals surface area contributed by atoms with Crippen molar-refractivity contribution in [1.82, 2.24) is 0 Å². The Morgan fingerprint density at radius 2 is 1.61 bits per heavy atom. The summed E-state index contributed by atoms with van der Waals surface area (Å²) in [6.45, 7) is 2.00. The lowest BCUT2D eigenvalue weighted by Crippen LogP contribution is -2.08. The van der Waals surface area contributed by atoms with Crippen molar-refractivity contribution in [2.75, 3.05) is 7.11 Å². The number of carbonyl (C=O) groups excluding carboxylic acids is 1. The van der Waals surface area contributed by atoms with Crippen LogP contribution in [0.3, 0.4) is 0 Å². The van der Waals surface area contributed by atoms with E-state index in [9.17, 15) is 4.79 Å². The van der Waals surface area contributed by atoms with Crippen LogP contribution in [0.1, 0.15) is 5.56 Å². The Morgan fingerprint density at radius 1 is 0.893 bits per heavy atom. The van der Waals surface area contributed by atoms with E-state index in [0.717, 1.165) is 38.2 Å². The summed E-state index contributed by atoms with van der Waals surface area (Å²) < 4.78 is 10.4. The lowest BCUT2D eigenvalue weighted by molar-refractivity contribution is 0.122. The second-order valence-electron chi connectivity index (χ2n) is 6.50. The van der Waals surface area contributed by atoms with Crippen molar-refractivity contribution in [3.05, 3.63) is 76.3 Å². The van der Waals surface area contributed by atoms with Crippen LogP contribution >= 0.6 is 23.2 Å². The third kappa shape index (κ3) is 3.28. The van der Waals surface area contributed by atoms with Gasteiger partial charge in [0.25, 0.3) is 0 Å². The van der Waals surface area contributed by atoms with Crippen molar-refractivity contribution in [2.45, 2.75) is 6.92 Å². The molecule has 0 atom stereocenters. The fraction of sp³-hybridized carbons (Fsp3) is 0.0870. The topological polar surface area (TPSA) is 35.5 Å². The highest BCUT2D eigenvalue weighted by Gasteiger charge is 2.19. The molecular formula is C23H16Cl2O3. The number of halogens is 2. The third-order valence-electron chi connectivity index (χ3n) is 4.69. The predicted octanol–water partition coefficient (Wildman–Crippen LogP) is 7.42. The quantitative estimate of drug-likeness (QED) is 0.196. The Kier molecular flexibility index (Phi) is 4.88. The standard InChI is InChI=1S/C23H16Cl2O3/c1-13-7-8-15-9-14-5-3-4-6-19(14)22(28-23(26)27-2)21(15)20(13)16-10-17(24)12-18(25)11-16/h3-12H,1-2H3. The van der Waals surface area contributed by atoms with E-state index in [0.29, 0.717) is 15.8 Å². The average Bonchev–Trinajstić information content (AvgIpc) is 2.67. The molecule has 0 aliphatic rings. The molecule has 0 unspecified atom stereocenters. The predicted molar refractivity (Wildman–Crippen MR) is 115 cm³/mol. The highest BCUT2D eigenvalue weighted by molar-refractivity contribution is 6.35.